The quantitative estimate of drug-likeness (QED) is 0.0610. The van der Waals surface area contributed by atoms with Crippen LogP contribution in [0.4, 0.5) is 0 Å². The number of allylic oxidation sites excluding steroid dienone is 8. The van der Waals surface area contributed by atoms with Crippen molar-refractivity contribution in [2.75, 3.05) is 0 Å². The smallest absolute Gasteiger partial charge is 0.0654 e. The van der Waals surface area contributed by atoms with Crippen LogP contribution in [0.3, 0.4) is 0 Å². The van der Waals surface area contributed by atoms with Gasteiger partial charge >= 0.3 is 0 Å². The van der Waals surface area contributed by atoms with Crippen LogP contribution in [-0.4, -0.2) is 16.1 Å². The van der Waals surface area contributed by atoms with E-state index in [-0.39, 0.29) is 0 Å². The molecule has 0 atom stereocenters. The van der Waals surface area contributed by atoms with E-state index in [9.17, 15) is 0 Å². The average Bonchev–Trinajstić information content (AvgIpc) is 3.27. The van der Waals surface area contributed by atoms with Gasteiger partial charge in [-0.1, -0.05) is 242 Å². The molecule has 306 valence electrons. The van der Waals surface area contributed by atoms with Crippen LogP contribution in [0.5, 0.6) is 0 Å². The Kier molecular flexibility index (Phi) is 14.4. The highest BCUT2D eigenvalue weighted by Crippen LogP contribution is 2.49. The van der Waals surface area contributed by atoms with Crippen molar-refractivity contribution in [3.05, 3.63) is 213 Å². The Labute approximate surface area is 364 Å². The zero-order valence-electron chi connectivity index (χ0n) is 37.2. The Bertz CT molecular complexity index is 2230. The third-order valence-electron chi connectivity index (χ3n) is 12.9. The second-order valence-electron chi connectivity index (χ2n) is 18.0. The van der Waals surface area contributed by atoms with Gasteiger partial charge in [-0.15, -0.1) is 0 Å². The Morgan fingerprint density at radius 2 is 0.783 bits per heavy atom. The molecule has 0 amide bonds. The Hall–Kier alpha value is -5.03. The van der Waals surface area contributed by atoms with Crippen molar-refractivity contribution in [3.63, 3.8) is 0 Å². The molecule has 0 bridgehead atoms. The molecule has 2 aliphatic heterocycles. The largest absolute Gasteiger partial charge is 0.113 e. The molecule has 0 unspecified atom stereocenters. The lowest BCUT2D eigenvalue weighted by Crippen LogP contribution is -2.39. The molecule has 0 fully saturated rings. The van der Waals surface area contributed by atoms with Crippen molar-refractivity contribution in [2.45, 2.75) is 104 Å². The van der Waals surface area contributed by atoms with Crippen molar-refractivity contribution in [3.8, 4) is 0 Å². The lowest BCUT2D eigenvalue weighted by Gasteiger charge is -2.40. The fraction of sp³-hybridized carbons (Fsp3) is 0.276. The van der Waals surface area contributed by atoms with E-state index in [0.717, 1.165) is 12.8 Å². The molecular weight excluding hydrogens is 753 g/mol. The highest BCUT2D eigenvalue weighted by molar-refractivity contribution is 7.06. The fourth-order valence-electron chi connectivity index (χ4n) is 9.44. The molecule has 60 heavy (non-hydrogen) atoms. The Balaban J connectivity index is 1.36. The molecule has 0 N–H and O–H groups in total. The van der Waals surface area contributed by atoms with Gasteiger partial charge in [-0.2, -0.15) is 0 Å². The Morgan fingerprint density at radius 1 is 0.417 bits per heavy atom. The van der Waals surface area contributed by atoms with Crippen LogP contribution in [-0.2, 0) is 0 Å². The standard InChI is InChI=1S/C58H66Si2/c1-7-9-11-17-38-51(57(49-34-23-15-24-35-49)55-43-53(59(55,3)4)47-30-19-13-20-31-47)41-45-28-27-29-46(40-45)42-52(39-18-12-10-8-2)58(50-36-25-16-26-37-50)56-44-54(60(56,5)6)48-32-21-14-22-33-48/h13-16,19-37,40-44H,7-12,17-18,38-39H2,1-6H3/b51-41+,52-42+,57-55-,58-56+. The van der Waals surface area contributed by atoms with Gasteiger partial charge in [0.2, 0.25) is 0 Å². The minimum Gasteiger partial charge on any atom is -0.0654 e. The average molecular weight is 819 g/mol. The highest BCUT2D eigenvalue weighted by atomic mass is 28.3. The first kappa shape index (κ1) is 43.1. The van der Waals surface area contributed by atoms with Gasteiger partial charge in [-0.25, -0.2) is 0 Å². The summed E-state index contributed by atoms with van der Waals surface area (Å²) in [5, 5.41) is 6.27. The van der Waals surface area contributed by atoms with Gasteiger partial charge in [0, 0.05) is 0 Å². The van der Waals surface area contributed by atoms with Crippen molar-refractivity contribution in [1.82, 2.24) is 0 Å². The molecule has 7 rings (SSSR count). The third-order valence-corrected chi connectivity index (χ3v) is 20.0. The summed E-state index contributed by atoms with van der Waals surface area (Å²) in [6.07, 6.45) is 22.3. The van der Waals surface area contributed by atoms with Crippen molar-refractivity contribution >= 4 is 49.8 Å². The highest BCUT2D eigenvalue weighted by Gasteiger charge is 2.42. The van der Waals surface area contributed by atoms with Crippen LogP contribution in [0.15, 0.2) is 179 Å². The fourth-order valence-corrected chi connectivity index (χ4v) is 15.2. The molecule has 2 heteroatoms. The third kappa shape index (κ3) is 9.78. The lowest BCUT2D eigenvalue weighted by atomic mass is 9.89. The lowest BCUT2D eigenvalue weighted by molar-refractivity contribution is 0.670. The molecular formula is C58H66Si2. The number of unbranched alkanes of at least 4 members (excludes halogenated alkanes) is 6. The van der Waals surface area contributed by atoms with Crippen LogP contribution in [0.25, 0.3) is 33.7 Å². The predicted molar refractivity (Wildman–Crippen MR) is 270 cm³/mol. The maximum absolute atomic E-state index is 2.55. The monoisotopic (exact) mass is 818 g/mol. The normalized spacial score (nSPS) is 17.6. The summed E-state index contributed by atoms with van der Waals surface area (Å²) in [6, 6.07) is 54.1. The van der Waals surface area contributed by atoms with Gasteiger partial charge < -0.3 is 0 Å². The molecule has 2 aliphatic rings. The number of hydrogen-bond donors (Lipinski definition) is 0. The summed E-state index contributed by atoms with van der Waals surface area (Å²) in [7, 11) is -3.78. The van der Waals surface area contributed by atoms with E-state index in [4.69, 9.17) is 0 Å². The van der Waals surface area contributed by atoms with E-state index in [1.807, 2.05) is 0 Å². The van der Waals surface area contributed by atoms with Crippen molar-refractivity contribution in [1.29, 1.82) is 0 Å². The molecule has 0 saturated heterocycles. The SMILES string of the molecule is CCCCCCC(=C\c1cccc(/C=C(CCCCCC)/C(=C2/C=C(c3ccccc3)[Si]2(C)C)c2ccccc2)c1)/C(=C1\C=C(c2ccccc2)[Si]1(C)C)c1ccccc1. The number of benzene rings is 5. The molecule has 5 aromatic carbocycles. The van der Waals surface area contributed by atoms with Crippen molar-refractivity contribution in [2.24, 2.45) is 0 Å². The van der Waals surface area contributed by atoms with E-state index >= 15 is 0 Å². The van der Waals surface area contributed by atoms with Gasteiger partial charge in [0.25, 0.3) is 0 Å². The second-order valence-corrected chi connectivity index (χ2v) is 26.7. The number of hydrogen-bond acceptors (Lipinski definition) is 0. The van der Waals surface area contributed by atoms with E-state index in [1.54, 1.807) is 20.8 Å². The molecule has 0 spiro atoms. The summed E-state index contributed by atoms with van der Waals surface area (Å²) in [5.74, 6) is 0. The molecule has 0 saturated carbocycles. The summed E-state index contributed by atoms with van der Waals surface area (Å²) in [6.45, 7) is 14.8. The minimum atomic E-state index is -1.89. The first-order chi connectivity index (χ1) is 29.2. The van der Waals surface area contributed by atoms with Gasteiger partial charge in [0.15, 0.2) is 0 Å². The first-order valence-electron chi connectivity index (χ1n) is 22.9. The van der Waals surface area contributed by atoms with E-state index in [0.29, 0.717) is 0 Å². The molecule has 0 aromatic heterocycles. The van der Waals surface area contributed by atoms with Gasteiger partial charge in [0.1, 0.15) is 16.1 Å². The molecule has 5 aromatic rings. The first-order valence-corrected chi connectivity index (χ1v) is 28.9. The maximum Gasteiger partial charge on any atom is 0.113 e. The molecule has 2 heterocycles. The predicted octanol–water partition coefficient (Wildman–Crippen LogP) is 17.1. The van der Waals surface area contributed by atoms with Crippen LogP contribution >= 0.6 is 0 Å². The summed E-state index contributed by atoms with van der Waals surface area (Å²) in [4.78, 5) is 0. The summed E-state index contributed by atoms with van der Waals surface area (Å²) >= 11 is 0. The second kappa shape index (κ2) is 20.0. The van der Waals surface area contributed by atoms with Gasteiger partial charge in [-0.3, -0.25) is 0 Å². The molecule has 0 nitrogen and oxygen atoms in total. The van der Waals surface area contributed by atoms with Crippen LogP contribution in [0.2, 0.25) is 26.2 Å². The van der Waals surface area contributed by atoms with Crippen LogP contribution in [0, 0.1) is 0 Å². The van der Waals surface area contributed by atoms with E-state index < -0.39 is 16.1 Å². The summed E-state index contributed by atoms with van der Waals surface area (Å²) < 4.78 is 0. The molecule has 0 radical (unpaired) electrons. The van der Waals surface area contributed by atoms with Crippen LogP contribution < -0.4 is 0 Å². The summed E-state index contributed by atoms with van der Waals surface area (Å²) in [5.41, 5.74) is 13.9. The van der Waals surface area contributed by atoms with E-state index in [2.05, 4.69) is 210 Å². The van der Waals surface area contributed by atoms with Gasteiger partial charge in [0.05, 0.1) is 0 Å². The minimum absolute atomic E-state index is 1.08. The topological polar surface area (TPSA) is 0 Å². The number of rotatable bonds is 18. The zero-order valence-corrected chi connectivity index (χ0v) is 39.2. The molecule has 0 aliphatic carbocycles. The van der Waals surface area contributed by atoms with Crippen LogP contribution in [0.1, 0.15) is 111 Å². The van der Waals surface area contributed by atoms with Gasteiger partial charge in [-0.05, 0) is 108 Å². The Morgan fingerprint density at radius 3 is 1.13 bits per heavy atom. The maximum atomic E-state index is 2.55. The van der Waals surface area contributed by atoms with Crippen molar-refractivity contribution < 1.29 is 0 Å². The van der Waals surface area contributed by atoms with E-state index in [1.165, 1.54) is 107 Å². The zero-order chi connectivity index (χ0) is 42.0.